The van der Waals surface area contributed by atoms with E-state index >= 15 is 0 Å². The summed E-state index contributed by atoms with van der Waals surface area (Å²) in [6, 6.07) is 9.64. The van der Waals surface area contributed by atoms with Crippen LogP contribution >= 0.6 is 11.3 Å². The van der Waals surface area contributed by atoms with Crippen molar-refractivity contribution in [3.63, 3.8) is 0 Å². The first-order valence-electron chi connectivity index (χ1n) is 7.52. The molecule has 4 rings (SSSR count). The molecular weight excluding hydrogens is 328 g/mol. The Morgan fingerprint density at radius 2 is 1.83 bits per heavy atom. The highest BCUT2D eigenvalue weighted by Crippen LogP contribution is 2.40. The van der Waals surface area contributed by atoms with Crippen LogP contribution in [0.3, 0.4) is 0 Å². The van der Waals surface area contributed by atoms with Crippen LogP contribution in [0.2, 0.25) is 0 Å². The maximum Gasteiger partial charge on any atom is 0.310 e. The molecule has 2 aliphatic rings. The molecule has 1 saturated heterocycles. The zero-order valence-corrected chi connectivity index (χ0v) is 13.3. The minimum absolute atomic E-state index is 0.367. The van der Waals surface area contributed by atoms with Gasteiger partial charge >= 0.3 is 5.97 Å². The smallest absolute Gasteiger partial charge is 0.310 e. The molecule has 0 unspecified atom stereocenters. The first kappa shape index (κ1) is 15.0. The second-order valence-corrected chi connectivity index (χ2v) is 6.59. The number of fused-ring (bicyclic) bond motifs is 2. The van der Waals surface area contributed by atoms with Gasteiger partial charge in [0.2, 0.25) is 5.91 Å². The summed E-state index contributed by atoms with van der Waals surface area (Å²) in [4.78, 5) is 28.4. The van der Waals surface area contributed by atoms with E-state index in [4.69, 9.17) is 4.74 Å². The number of amides is 1. The molecule has 1 aromatic carbocycles. The van der Waals surface area contributed by atoms with Gasteiger partial charge < -0.3 is 15.2 Å². The van der Waals surface area contributed by atoms with Gasteiger partial charge in [-0.05, 0) is 0 Å². The number of aliphatic carboxylic acids is 1. The van der Waals surface area contributed by atoms with Gasteiger partial charge in [-0.1, -0.05) is 42.5 Å². The summed E-state index contributed by atoms with van der Waals surface area (Å²) in [6.45, 7) is 0. The van der Waals surface area contributed by atoms with Crippen molar-refractivity contribution in [2.45, 2.75) is 12.2 Å². The third kappa shape index (κ3) is 2.51. The summed E-state index contributed by atoms with van der Waals surface area (Å²) in [5, 5.41) is 14.4. The van der Waals surface area contributed by atoms with Crippen molar-refractivity contribution in [3.05, 3.63) is 47.9 Å². The Morgan fingerprint density at radius 3 is 2.54 bits per heavy atom. The van der Waals surface area contributed by atoms with E-state index in [0.29, 0.717) is 5.13 Å². The fourth-order valence-electron chi connectivity index (χ4n) is 3.18. The average Bonchev–Trinajstić information content (AvgIpc) is 3.30. The first-order chi connectivity index (χ1) is 11.6. The van der Waals surface area contributed by atoms with Crippen LogP contribution < -0.4 is 5.32 Å². The van der Waals surface area contributed by atoms with Crippen LogP contribution in [0, 0.1) is 11.8 Å². The van der Waals surface area contributed by atoms with E-state index in [1.54, 1.807) is 12.2 Å². The molecule has 2 aromatic rings. The highest BCUT2D eigenvalue weighted by Gasteiger charge is 2.53. The summed E-state index contributed by atoms with van der Waals surface area (Å²) in [5.41, 5.74) is 1.73. The molecule has 0 saturated carbocycles. The standard InChI is InChI=1S/C17H14N2O4S/c20-15(13-11-6-7-12(23-11)14(13)16(21)22)19-17-18-10(8-24-17)9-4-2-1-3-5-9/h1-8,11-14H,(H,21,22)(H,18,19,20)/t11-,12-,13-,14-/m1/s1. The number of hydrogen-bond acceptors (Lipinski definition) is 5. The SMILES string of the molecule is O=C(O)[C@H]1[C@H](C(=O)Nc2nc(-c3ccccc3)cs2)[C@H]2C=C[C@H]1O2. The predicted molar refractivity (Wildman–Crippen MR) is 88.6 cm³/mol. The molecule has 24 heavy (non-hydrogen) atoms. The largest absolute Gasteiger partial charge is 0.481 e. The number of hydrogen-bond donors (Lipinski definition) is 2. The molecule has 2 N–H and O–H groups in total. The van der Waals surface area contributed by atoms with E-state index in [9.17, 15) is 14.7 Å². The second kappa shape index (κ2) is 5.85. The Morgan fingerprint density at radius 1 is 1.12 bits per heavy atom. The summed E-state index contributed by atoms with van der Waals surface area (Å²) in [7, 11) is 0. The Labute approximate surface area is 141 Å². The van der Waals surface area contributed by atoms with E-state index in [-0.39, 0.29) is 5.91 Å². The lowest BCUT2D eigenvalue weighted by molar-refractivity contribution is -0.145. The third-order valence-corrected chi connectivity index (χ3v) is 5.05. The van der Waals surface area contributed by atoms with Crippen molar-refractivity contribution in [1.82, 2.24) is 4.98 Å². The van der Waals surface area contributed by atoms with Crippen LogP contribution in [0.1, 0.15) is 0 Å². The Kier molecular flexibility index (Phi) is 3.66. The Bertz CT molecular complexity index is 817. The van der Waals surface area contributed by atoms with Gasteiger partial charge in [0, 0.05) is 10.9 Å². The number of benzene rings is 1. The van der Waals surface area contributed by atoms with Crippen LogP contribution in [0.5, 0.6) is 0 Å². The molecule has 2 aliphatic heterocycles. The van der Waals surface area contributed by atoms with Gasteiger partial charge in [0.25, 0.3) is 0 Å². The van der Waals surface area contributed by atoms with Gasteiger partial charge in [0.05, 0.1) is 23.8 Å². The fraction of sp³-hybridized carbons (Fsp3) is 0.235. The highest BCUT2D eigenvalue weighted by molar-refractivity contribution is 7.14. The number of nitrogens with zero attached hydrogens (tertiary/aromatic N) is 1. The molecule has 0 spiro atoms. The molecule has 1 amide bonds. The Hall–Kier alpha value is -2.51. The zero-order valence-electron chi connectivity index (χ0n) is 12.5. The van der Waals surface area contributed by atoms with E-state index in [1.807, 2.05) is 35.7 Å². The van der Waals surface area contributed by atoms with Gasteiger partial charge in [-0.25, -0.2) is 4.98 Å². The molecule has 4 atom stereocenters. The monoisotopic (exact) mass is 342 g/mol. The van der Waals surface area contributed by atoms with Gasteiger partial charge in [-0.15, -0.1) is 11.3 Å². The lowest BCUT2D eigenvalue weighted by Gasteiger charge is -2.20. The third-order valence-electron chi connectivity index (χ3n) is 4.29. The molecule has 7 heteroatoms. The number of ether oxygens (including phenoxy) is 1. The van der Waals surface area contributed by atoms with Gasteiger partial charge in [0.15, 0.2) is 5.13 Å². The van der Waals surface area contributed by atoms with Crippen LogP contribution in [-0.4, -0.2) is 34.2 Å². The van der Waals surface area contributed by atoms with Crippen LogP contribution in [0.25, 0.3) is 11.3 Å². The molecule has 1 fully saturated rings. The van der Waals surface area contributed by atoms with E-state index in [0.717, 1.165) is 11.3 Å². The van der Waals surface area contributed by atoms with Crippen LogP contribution in [-0.2, 0) is 14.3 Å². The molecular formula is C17H14N2O4S. The number of carboxylic acids is 1. The minimum atomic E-state index is -1.02. The van der Waals surface area contributed by atoms with E-state index < -0.39 is 30.0 Å². The average molecular weight is 342 g/mol. The fourth-order valence-corrected chi connectivity index (χ4v) is 3.90. The summed E-state index contributed by atoms with van der Waals surface area (Å²) in [5.74, 6) is -2.97. The molecule has 3 heterocycles. The van der Waals surface area contributed by atoms with E-state index in [1.165, 1.54) is 11.3 Å². The number of thiazole rings is 1. The van der Waals surface area contributed by atoms with Crippen LogP contribution in [0.15, 0.2) is 47.9 Å². The molecule has 0 aliphatic carbocycles. The number of rotatable bonds is 4. The highest BCUT2D eigenvalue weighted by atomic mass is 32.1. The number of carboxylic acid groups (broad SMARTS) is 1. The zero-order chi connectivity index (χ0) is 16.7. The van der Waals surface area contributed by atoms with Crippen molar-refractivity contribution in [2.75, 3.05) is 5.32 Å². The van der Waals surface area contributed by atoms with Crippen molar-refractivity contribution in [3.8, 4) is 11.3 Å². The quantitative estimate of drug-likeness (QED) is 0.833. The van der Waals surface area contributed by atoms with Crippen molar-refractivity contribution >= 4 is 28.3 Å². The second-order valence-electron chi connectivity index (χ2n) is 5.73. The molecule has 6 nitrogen and oxygen atoms in total. The molecule has 2 bridgehead atoms. The number of carbonyl (C=O) groups is 2. The Balaban J connectivity index is 1.52. The maximum atomic E-state index is 12.5. The molecule has 1 aromatic heterocycles. The number of aromatic nitrogens is 1. The lowest BCUT2D eigenvalue weighted by atomic mass is 9.82. The minimum Gasteiger partial charge on any atom is -0.481 e. The van der Waals surface area contributed by atoms with Crippen LogP contribution in [0.4, 0.5) is 5.13 Å². The summed E-state index contributed by atoms with van der Waals surface area (Å²) in [6.07, 6.45) is 2.46. The number of carbonyl (C=O) groups excluding carboxylic acids is 1. The lowest BCUT2D eigenvalue weighted by Crippen LogP contribution is -2.39. The van der Waals surface area contributed by atoms with Gasteiger partial charge in [0.1, 0.15) is 5.92 Å². The van der Waals surface area contributed by atoms with Crippen molar-refractivity contribution in [2.24, 2.45) is 11.8 Å². The number of anilines is 1. The van der Waals surface area contributed by atoms with Gasteiger partial charge in [-0.2, -0.15) is 0 Å². The first-order valence-corrected chi connectivity index (χ1v) is 8.40. The summed E-state index contributed by atoms with van der Waals surface area (Å²) >= 11 is 1.31. The summed E-state index contributed by atoms with van der Waals surface area (Å²) < 4.78 is 5.52. The van der Waals surface area contributed by atoms with Gasteiger partial charge in [-0.3, -0.25) is 9.59 Å². The normalized spacial score (nSPS) is 27.3. The maximum absolute atomic E-state index is 12.5. The van der Waals surface area contributed by atoms with Crippen molar-refractivity contribution in [1.29, 1.82) is 0 Å². The van der Waals surface area contributed by atoms with Crippen molar-refractivity contribution < 1.29 is 19.4 Å². The predicted octanol–water partition coefficient (Wildman–Crippen LogP) is 2.40. The topological polar surface area (TPSA) is 88.5 Å². The number of nitrogens with one attached hydrogen (secondary N) is 1. The molecule has 122 valence electrons. The molecule has 0 radical (unpaired) electrons. The van der Waals surface area contributed by atoms with E-state index in [2.05, 4.69) is 10.3 Å².